The van der Waals surface area contributed by atoms with Crippen LogP contribution in [-0.4, -0.2) is 27.8 Å². The predicted molar refractivity (Wildman–Crippen MR) is 80.2 cm³/mol. The maximum atomic E-state index is 12.3. The van der Waals surface area contributed by atoms with Crippen LogP contribution in [0.15, 0.2) is 24.3 Å². The van der Waals surface area contributed by atoms with E-state index in [4.69, 9.17) is 5.73 Å². The van der Waals surface area contributed by atoms with Gasteiger partial charge in [-0.15, -0.1) is 0 Å². The van der Waals surface area contributed by atoms with Crippen molar-refractivity contribution in [3.63, 3.8) is 0 Å². The molecule has 0 atom stereocenters. The van der Waals surface area contributed by atoms with Gasteiger partial charge in [0.15, 0.2) is 5.13 Å². The molecule has 7 nitrogen and oxygen atoms in total. The standard InChI is InChI=1S/C13H14N4O3S/c1-8-11(21-13(14)15-8)12(18)16(2)7-9-4-3-5-10(6-9)17(19)20/h3-6H,7H2,1-2H3,(H2,14,15). The summed E-state index contributed by atoms with van der Waals surface area (Å²) >= 11 is 1.14. The van der Waals surface area contributed by atoms with Crippen LogP contribution in [0.1, 0.15) is 20.9 Å². The lowest BCUT2D eigenvalue weighted by atomic mass is 10.2. The lowest BCUT2D eigenvalue weighted by molar-refractivity contribution is -0.384. The summed E-state index contributed by atoms with van der Waals surface area (Å²) < 4.78 is 0. The number of anilines is 1. The summed E-state index contributed by atoms with van der Waals surface area (Å²) in [7, 11) is 1.64. The third kappa shape index (κ3) is 3.34. The van der Waals surface area contributed by atoms with Crippen molar-refractivity contribution in [1.82, 2.24) is 9.88 Å². The van der Waals surface area contributed by atoms with E-state index in [1.165, 1.54) is 17.0 Å². The molecular formula is C13H14N4O3S. The number of thiazole rings is 1. The van der Waals surface area contributed by atoms with E-state index in [1.807, 2.05) is 0 Å². The number of nitrogens with zero attached hydrogens (tertiary/aromatic N) is 3. The SMILES string of the molecule is Cc1nc(N)sc1C(=O)N(C)Cc1cccc([N+](=O)[O-])c1. The molecule has 0 fully saturated rings. The number of benzene rings is 1. The molecule has 1 aromatic heterocycles. The summed E-state index contributed by atoms with van der Waals surface area (Å²) in [6.07, 6.45) is 0. The number of carbonyl (C=O) groups is 1. The van der Waals surface area contributed by atoms with Gasteiger partial charge in [0.25, 0.3) is 11.6 Å². The Morgan fingerprint density at radius 3 is 2.81 bits per heavy atom. The molecule has 0 spiro atoms. The number of hydrogen-bond acceptors (Lipinski definition) is 6. The average molecular weight is 306 g/mol. The summed E-state index contributed by atoms with van der Waals surface area (Å²) in [4.78, 5) is 28.6. The van der Waals surface area contributed by atoms with Crippen LogP contribution in [0.4, 0.5) is 10.8 Å². The fourth-order valence-corrected chi connectivity index (χ4v) is 2.73. The molecule has 8 heteroatoms. The van der Waals surface area contributed by atoms with Crippen LogP contribution in [0.3, 0.4) is 0 Å². The number of nitro benzene ring substituents is 1. The molecule has 0 unspecified atom stereocenters. The van der Waals surface area contributed by atoms with Crippen LogP contribution >= 0.6 is 11.3 Å². The molecule has 0 radical (unpaired) electrons. The van der Waals surface area contributed by atoms with Crippen molar-refractivity contribution in [3.8, 4) is 0 Å². The number of nitrogens with two attached hydrogens (primary N) is 1. The molecule has 0 aliphatic carbocycles. The molecule has 0 aliphatic heterocycles. The van der Waals surface area contributed by atoms with Crippen LogP contribution < -0.4 is 5.73 Å². The monoisotopic (exact) mass is 306 g/mol. The summed E-state index contributed by atoms with van der Waals surface area (Å²) in [6, 6.07) is 6.21. The first-order valence-corrected chi connectivity index (χ1v) is 6.92. The van der Waals surface area contributed by atoms with E-state index >= 15 is 0 Å². The number of non-ortho nitro benzene ring substituents is 1. The summed E-state index contributed by atoms with van der Waals surface area (Å²) in [5.41, 5.74) is 6.87. The van der Waals surface area contributed by atoms with Gasteiger partial charge in [0.1, 0.15) is 4.88 Å². The zero-order valence-corrected chi connectivity index (χ0v) is 12.4. The van der Waals surface area contributed by atoms with Gasteiger partial charge >= 0.3 is 0 Å². The van der Waals surface area contributed by atoms with Gasteiger partial charge in [0.05, 0.1) is 10.6 Å². The van der Waals surface area contributed by atoms with Crippen molar-refractivity contribution in [1.29, 1.82) is 0 Å². The van der Waals surface area contributed by atoms with Crippen LogP contribution in [0.25, 0.3) is 0 Å². The van der Waals surface area contributed by atoms with Gasteiger partial charge in [-0.25, -0.2) is 4.98 Å². The molecule has 1 amide bonds. The number of nitro groups is 1. The molecule has 2 rings (SSSR count). The van der Waals surface area contributed by atoms with Gasteiger partial charge < -0.3 is 10.6 Å². The lowest BCUT2D eigenvalue weighted by Gasteiger charge is -2.16. The largest absolute Gasteiger partial charge is 0.375 e. The van der Waals surface area contributed by atoms with Crippen molar-refractivity contribution < 1.29 is 9.72 Å². The summed E-state index contributed by atoms with van der Waals surface area (Å²) in [5, 5.41) is 11.1. The molecule has 2 N–H and O–H groups in total. The Labute approximate surface area is 125 Å². The number of carbonyl (C=O) groups excluding carboxylic acids is 1. The highest BCUT2D eigenvalue weighted by Crippen LogP contribution is 2.22. The number of hydrogen-bond donors (Lipinski definition) is 1. The highest BCUT2D eigenvalue weighted by atomic mass is 32.1. The molecule has 0 aliphatic rings. The highest BCUT2D eigenvalue weighted by Gasteiger charge is 2.19. The lowest BCUT2D eigenvalue weighted by Crippen LogP contribution is -2.26. The third-order valence-electron chi connectivity index (χ3n) is 2.90. The Balaban J connectivity index is 2.16. The molecule has 0 bridgehead atoms. The van der Waals surface area contributed by atoms with Crippen molar-refractivity contribution in [3.05, 3.63) is 50.5 Å². The van der Waals surface area contributed by atoms with Crippen LogP contribution in [0, 0.1) is 17.0 Å². The van der Waals surface area contributed by atoms with Gasteiger partial charge in [-0.2, -0.15) is 0 Å². The minimum Gasteiger partial charge on any atom is -0.375 e. The first-order chi connectivity index (χ1) is 9.88. The number of aromatic nitrogens is 1. The van der Waals surface area contributed by atoms with E-state index in [1.54, 1.807) is 26.1 Å². The average Bonchev–Trinajstić information content (AvgIpc) is 2.77. The number of aryl methyl sites for hydroxylation is 1. The van der Waals surface area contributed by atoms with Crippen molar-refractivity contribution in [2.24, 2.45) is 0 Å². The molecule has 1 heterocycles. The van der Waals surface area contributed by atoms with E-state index in [2.05, 4.69) is 4.98 Å². The fraction of sp³-hybridized carbons (Fsp3) is 0.231. The van der Waals surface area contributed by atoms with Gasteiger partial charge in [-0.1, -0.05) is 23.5 Å². The van der Waals surface area contributed by atoms with E-state index in [0.29, 0.717) is 21.3 Å². The summed E-state index contributed by atoms with van der Waals surface area (Å²) in [5.74, 6) is -0.201. The normalized spacial score (nSPS) is 10.4. The number of rotatable bonds is 4. The second kappa shape index (κ2) is 5.88. The van der Waals surface area contributed by atoms with Gasteiger partial charge in [-0.05, 0) is 12.5 Å². The second-order valence-corrected chi connectivity index (χ2v) is 5.59. The van der Waals surface area contributed by atoms with E-state index in [0.717, 1.165) is 11.3 Å². The third-order valence-corrected chi connectivity index (χ3v) is 3.87. The van der Waals surface area contributed by atoms with Gasteiger partial charge in [0.2, 0.25) is 0 Å². The van der Waals surface area contributed by atoms with Crippen LogP contribution in [0.5, 0.6) is 0 Å². The maximum Gasteiger partial charge on any atom is 0.269 e. The fourth-order valence-electron chi connectivity index (χ4n) is 1.90. The maximum absolute atomic E-state index is 12.3. The van der Waals surface area contributed by atoms with E-state index in [9.17, 15) is 14.9 Å². The first-order valence-electron chi connectivity index (χ1n) is 6.10. The molecule has 21 heavy (non-hydrogen) atoms. The Hall–Kier alpha value is -2.48. The molecular weight excluding hydrogens is 292 g/mol. The van der Waals surface area contributed by atoms with Crippen LogP contribution in [0.2, 0.25) is 0 Å². The number of nitrogen functional groups attached to an aromatic ring is 1. The van der Waals surface area contributed by atoms with Crippen molar-refractivity contribution in [2.75, 3.05) is 12.8 Å². The zero-order chi connectivity index (χ0) is 15.6. The minimum atomic E-state index is -0.459. The second-order valence-electron chi connectivity index (χ2n) is 4.55. The number of amides is 1. The van der Waals surface area contributed by atoms with E-state index < -0.39 is 4.92 Å². The topological polar surface area (TPSA) is 102 Å². The van der Waals surface area contributed by atoms with Crippen molar-refractivity contribution >= 4 is 28.1 Å². The van der Waals surface area contributed by atoms with E-state index in [-0.39, 0.29) is 18.1 Å². The molecule has 110 valence electrons. The Kier molecular flexibility index (Phi) is 4.18. The summed E-state index contributed by atoms with van der Waals surface area (Å²) in [6.45, 7) is 2.00. The van der Waals surface area contributed by atoms with Crippen LogP contribution in [-0.2, 0) is 6.54 Å². The minimum absolute atomic E-state index is 0.00608. The zero-order valence-electron chi connectivity index (χ0n) is 11.6. The first kappa shape index (κ1) is 14.9. The van der Waals surface area contributed by atoms with Gasteiger partial charge in [-0.3, -0.25) is 14.9 Å². The Morgan fingerprint density at radius 2 is 2.24 bits per heavy atom. The Bertz CT molecular complexity index is 698. The predicted octanol–water partition coefficient (Wildman–Crippen LogP) is 2.21. The molecule has 0 saturated carbocycles. The quantitative estimate of drug-likeness (QED) is 0.689. The molecule has 1 aromatic carbocycles. The highest BCUT2D eigenvalue weighted by molar-refractivity contribution is 7.17. The smallest absolute Gasteiger partial charge is 0.269 e. The van der Waals surface area contributed by atoms with Gasteiger partial charge in [0, 0.05) is 25.7 Å². The molecule has 2 aromatic rings. The van der Waals surface area contributed by atoms with Crippen molar-refractivity contribution in [2.45, 2.75) is 13.5 Å². The Morgan fingerprint density at radius 1 is 1.52 bits per heavy atom. The molecule has 0 saturated heterocycles.